The minimum absolute atomic E-state index is 0.0748. The van der Waals surface area contributed by atoms with Crippen molar-refractivity contribution >= 4 is 21.6 Å². The van der Waals surface area contributed by atoms with Gasteiger partial charge in [-0.15, -0.1) is 11.3 Å². The second kappa shape index (κ2) is 5.40. The molecule has 2 heterocycles. The van der Waals surface area contributed by atoms with Crippen molar-refractivity contribution in [2.75, 3.05) is 0 Å². The molecular formula is C13H13N5S. The van der Waals surface area contributed by atoms with Gasteiger partial charge in [0.1, 0.15) is 0 Å². The number of thiazole rings is 1. The molecule has 6 heteroatoms. The maximum atomic E-state index is 5.61. The molecule has 19 heavy (non-hydrogen) atoms. The first kappa shape index (κ1) is 12.2. The zero-order valence-corrected chi connectivity index (χ0v) is 11.0. The summed E-state index contributed by atoms with van der Waals surface area (Å²) in [5.74, 6) is 5.61. The van der Waals surface area contributed by atoms with Crippen molar-refractivity contribution in [2.24, 2.45) is 5.84 Å². The molecule has 0 aliphatic carbocycles. The molecule has 0 bridgehead atoms. The Morgan fingerprint density at radius 3 is 2.89 bits per heavy atom. The minimum Gasteiger partial charge on any atom is -0.271 e. The standard InChI is InChI=1S/C13H13N5S/c14-18-10(11-8-15-5-6-16-11)7-13-17-9-3-1-2-4-12(9)19-13/h1-6,8,10,18H,7,14H2. The quantitative estimate of drug-likeness (QED) is 0.559. The van der Waals surface area contributed by atoms with Crippen LogP contribution in [0.5, 0.6) is 0 Å². The van der Waals surface area contributed by atoms with Gasteiger partial charge in [-0.05, 0) is 12.1 Å². The molecule has 0 amide bonds. The lowest BCUT2D eigenvalue weighted by Gasteiger charge is -2.12. The summed E-state index contributed by atoms with van der Waals surface area (Å²) in [6, 6.07) is 8.03. The number of hydrogen-bond acceptors (Lipinski definition) is 6. The van der Waals surface area contributed by atoms with Crippen molar-refractivity contribution in [3.63, 3.8) is 0 Å². The predicted molar refractivity (Wildman–Crippen MR) is 75.4 cm³/mol. The number of rotatable bonds is 4. The van der Waals surface area contributed by atoms with Gasteiger partial charge in [0.25, 0.3) is 0 Å². The fraction of sp³-hybridized carbons (Fsp3) is 0.154. The van der Waals surface area contributed by atoms with Crippen molar-refractivity contribution in [1.29, 1.82) is 0 Å². The van der Waals surface area contributed by atoms with Crippen LogP contribution in [0.2, 0.25) is 0 Å². The molecule has 96 valence electrons. The van der Waals surface area contributed by atoms with Crippen molar-refractivity contribution in [3.8, 4) is 0 Å². The number of hydrazine groups is 1. The van der Waals surface area contributed by atoms with Gasteiger partial charge in [0.15, 0.2) is 0 Å². The summed E-state index contributed by atoms with van der Waals surface area (Å²) in [6.45, 7) is 0. The van der Waals surface area contributed by atoms with E-state index in [-0.39, 0.29) is 6.04 Å². The molecule has 2 aromatic heterocycles. The van der Waals surface area contributed by atoms with Crippen LogP contribution in [0.3, 0.4) is 0 Å². The first-order valence-electron chi connectivity index (χ1n) is 5.93. The molecule has 0 fully saturated rings. The third-order valence-corrected chi connectivity index (χ3v) is 3.92. The largest absolute Gasteiger partial charge is 0.271 e. The highest BCUT2D eigenvalue weighted by Gasteiger charge is 2.14. The molecule has 1 unspecified atom stereocenters. The molecule has 3 aromatic rings. The van der Waals surface area contributed by atoms with Crippen molar-refractivity contribution in [1.82, 2.24) is 20.4 Å². The van der Waals surface area contributed by atoms with Crippen LogP contribution in [0.25, 0.3) is 10.2 Å². The van der Waals surface area contributed by atoms with E-state index in [1.807, 2.05) is 18.2 Å². The Morgan fingerprint density at radius 1 is 1.26 bits per heavy atom. The molecule has 0 aliphatic rings. The summed E-state index contributed by atoms with van der Waals surface area (Å²) in [4.78, 5) is 12.9. The molecule has 0 radical (unpaired) electrons. The number of benzene rings is 1. The van der Waals surface area contributed by atoms with E-state index in [9.17, 15) is 0 Å². The molecular weight excluding hydrogens is 258 g/mol. The fourth-order valence-corrected chi connectivity index (χ4v) is 2.93. The number of aromatic nitrogens is 3. The van der Waals surface area contributed by atoms with Crippen molar-refractivity contribution in [3.05, 3.63) is 53.6 Å². The summed E-state index contributed by atoms with van der Waals surface area (Å²) in [6.07, 6.45) is 5.74. The van der Waals surface area contributed by atoms with Crippen molar-refractivity contribution < 1.29 is 0 Å². The monoisotopic (exact) mass is 271 g/mol. The first-order valence-corrected chi connectivity index (χ1v) is 6.75. The van der Waals surface area contributed by atoms with Crippen LogP contribution in [0, 0.1) is 0 Å². The highest BCUT2D eigenvalue weighted by Crippen LogP contribution is 2.25. The summed E-state index contributed by atoms with van der Waals surface area (Å²) in [5.41, 5.74) is 4.62. The highest BCUT2D eigenvalue weighted by atomic mass is 32.1. The van der Waals surface area contributed by atoms with Gasteiger partial charge >= 0.3 is 0 Å². The maximum Gasteiger partial charge on any atom is 0.0958 e. The Labute approximate surface area is 114 Å². The molecule has 0 spiro atoms. The van der Waals surface area contributed by atoms with E-state index >= 15 is 0 Å². The van der Waals surface area contributed by atoms with Crippen LogP contribution < -0.4 is 11.3 Å². The van der Waals surface area contributed by atoms with Crippen LogP contribution >= 0.6 is 11.3 Å². The smallest absolute Gasteiger partial charge is 0.0958 e. The molecule has 0 aliphatic heterocycles. The summed E-state index contributed by atoms with van der Waals surface area (Å²) in [7, 11) is 0. The minimum atomic E-state index is -0.0748. The van der Waals surface area contributed by atoms with Gasteiger partial charge in [0, 0.05) is 18.8 Å². The van der Waals surface area contributed by atoms with E-state index in [2.05, 4.69) is 26.4 Å². The Balaban J connectivity index is 1.86. The maximum absolute atomic E-state index is 5.61. The number of nitrogens with one attached hydrogen (secondary N) is 1. The van der Waals surface area contributed by atoms with E-state index < -0.39 is 0 Å². The molecule has 0 saturated carbocycles. The van der Waals surface area contributed by atoms with Crippen LogP contribution in [0.1, 0.15) is 16.7 Å². The van der Waals surface area contributed by atoms with Gasteiger partial charge in [-0.1, -0.05) is 12.1 Å². The van der Waals surface area contributed by atoms with Gasteiger partial charge in [0.05, 0.1) is 33.2 Å². The number of nitrogens with two attached hydrogens (primary N) is 1. The number of hydrogen-bond donors (Lipinski definition) is 2. The molecule has 1 atom stereocenters. The second-order valence-electron chi connectivity index (χ2n) is 4.13. The van der Waals surface area contributed by atoms with E-state index in [0.717, 1.165) is 16.2 Å². The SMILES string of the molecule is NNC(Cc1nc2ccccc2s1)c1cnccn1. The lowest BCUT2D eigenvalue weighted by Crippen LogP contribution is -2.30. The topological polar surface area (TPSA) is 76.7 Å². The predicted octanol–water partition coefficient (Wildman–Crippen LogP) is 1.83. The lowest BCUT2D eigenvalue weighted by molar-refractivity contribution is 0.535. The van der Waals surface area contributed by atoms with Gasteiger partial charge in [-0.25, -0.2) is 4.98 Å². The Morgan fingerprint density at radius 2 is 2.16 bits per heavy atom. The van der Waals surface area contributed by atoms with E-state index in [0.29, 0.717) is 6.42 Å². The van der Waals surface area contributed by atoms with Gasteiger partial charge in [0.2, 0.25) is 0 Å². The Hall–Kier alpha value is -1.89. The van der Waals surface area contributed by atoms with Crippen LogP contribution in [-0.2, 0) is 6.42 Å². The summed E-state index contributed by atoms with van der Waals surface area (Å²) in [5, 5.41) is 1.04. The molecule has 3 N–H and O–H groups in total. The highest BCUT2D eigenvalue weighted by molar-refractivity contribution is 7.18. The average Bonchev–Trinajstić information content (AvgIpc) is 2.88. The normalized spacial score (nSPS) is 12.7. The molecule has 1 aromatic carbocycles. The molecule has 5 nitrogen and oxygen atoms in total. The molecule has 3 rings (SSSR count). The zero-order valence-electron chi connectivity index (χ0n) is 10.2. The Kier molecular flexibility index (Phi) is 3.45. The Bertz CT molecular complexity index is 634. The number of nitrogens with zero attached hydrogens (tertiary/aromatic N) is 3. The van der Waals surface area contributed by atoms with Crippen molar-refractivity contribution in [2.45, 2.75) is 12.5 Å². The second-order valence-corrected chi connectivity index (χ2v) is 5.24. The first-order chi connectivity index (χ1) is 9.36. The van der Waals surface area contributed by atoms with Gasteiger partial charge < -0.3 is 0 Å². The van der Waals surface area contributed by atoms with Crippen LogP contribution in [-0.4, -0.2) is 15.0 Å². The van der Waals surface area contributed by atoms with E-state index in [1.165, 1.54) is 4.70 Å². The average molecular weight is 271 g/mol. The summed E-state index contributed by atoms with van der Waals surface area (Å²) < 4.78 is 1.19. The van der Waals surface area contributed by atoms with Gasteiger partial charge in [-0.2, -0.15) is 0 Å². The number of fused-ring (bicyclic) bond motifs is 1. The molecule has 0 saturated heterocycles. The van der Waals surface area contributed by atoms with Gasteiger partial charge in [-0.3, -0.25) is 21.2 Å². The van der Waals surface area contributed by atoms with E-state index in [4.69, 9.17) is 5.84 Å². The lowest BCUT2D eigenvalue weighted by atomic mass is 10.1. The van der Waals surface area contributed by atoms with Crippen LogP contribution in [0.4, 0.5) is 0 Å². The fourth-order valence-electron chi connectivity index (χ4n) is 1.92. The number of para-hydroxylation sites is 1. The third kappa shape index (κ3) is 2.60. The van der Waals surface area contributed by atoms with E-state index in [1.54, 1.807) is 29.9 Å². The zero-order chi connectivity index (χ0) is 13.1. The third-order valence-electron chi connectivity index (χ3n) is 2.86. The summed E-state index contributed by atoms with van der Waals surface area (Å²) >= 11 is 1.68. The van der Waals surface area contributed by atoms with Crippen LogP contribution in [0.15, 0.2) is 42.9 Å².